The number of alkyl halides is 3. The molecule has 2 heterocycles. The number of aromatic nitrogens is 3. The number of halogens is 3. The third kappa shape index (κ3) is 4.24. The summed E-state index contributed by atoms with van der Waals surface area (Å²) < 4.78 is 38.7. The summed E-state index contributed by atoms with van der Waals surface area (Å²) in [5.74, 6) is -0.601. The van der Waals surface area contributed by atoms with Crippen molar-refractivity contribution in [2.75, 3.05) is 13.7 Å². The van der Waals surface area contributed by atoms with E-state index in [1.54, 1.807) is 6.07 Å². The lowest BCUT2D eigenvalue weighted by molar-refractivity contribution is -0.141. The van der Waals surface area contributed by atoms with E-state index in [4.69, 9.17) is 10.6 Å². The van der Waals surface area contributed by atoms with Gasteiger partial charge in [0.25, 0.3) is 5.91 Å². The van der Waals surface area contributed by atoms with Gasteiger partial charge in [0.2, 0.25) is 5.96 Å². The fourth-order valence-corrected chi connectivity index (χ4v) is 2.42. The first-order valence-corrected chi connectivity index (χ1v) is 8.16. The Morgan fingerprint density at radius 3 is 2.82 bits per heavy atom. The van der Waals surface area contributed by atoms with E-state index in [0.29, 0.717) is 5.69 Å². The van der Waals surface area contributed by atoms with Crippen LogP contribution in [-0.4, -0.2) is 45.0 Å². The van der Waals surface area contributed by atoms with Crippen LogP contribution in [0.3, 0.4) is 0 Å². The molecule has 0 atom stereocenters. The molecule has 0 saturated carbocycles. The standard InChI is InChI=1S/C17H17F3N6O2/c1-25(15(27)13-8-11-4-2-3-5-12(11)23-13)16(21)24-28-7-6-26-9-14(22-10-26)17(18,19)20/h2-5,8-10,23H,6-7H2,1H3,(H2,21,24). The van der Waals surface area contributed by atoms with Crippen molar-refractivity contribution < 1.29 is 22.8 Å². The van der Waals surface area contributed by atoms with Crippen LogP contribution in [0.15, 0.2) is 48.0 Å². The van der Waals surface area contributed by atoms with Crippen LogP contribution >= 0.6 is 0 Å². The number of rotatable bonds is 5. The Morgan fingerprint density at radius 1 is 1.39 bits per heavy atom. The number of oxime groups is 1. The maximum absolute atomic E-state index is 12.5. The van der Waals surface area contributed by atoms with Gasteiger partial charge in [-0.3, -0.25) is 9.69 Å². The second kappa shape index (κ2) is 7.62. The molecule has 1 amide bonds. The van der Waals surface area contributed by atoms with Crippen molar-refractivity contribution >= 4 is 22.8 Å². The number of nitrogens with zero attached hydrogens (tertiary/aromatic N) is 4. The van der Waals surface area contributed by atoms with Gasteiger partial charge in [-0.1, -0.05) is 18.2 Å². The van der Waals surface area contributed by atoms with Crippen molar-refractivity contribution in [1.29, 1.82) is 0 Å². The number of imidazole rings is 1. The summed E-state index contributed by atoms with van der Waals surface area (Å²) in [4.78, 5) is 24.8. The Bertz CT molecular complexity index is 975. The van der Waals surface area contributed by atoms with Crippen molar-refractivity contribution in [3.63, 3.8) is 0 Å². The molecular formula is C17H17F3N6O2. The number of guanidine groups is 1. The van der Waals surface area contributed by atoms with E-state index in [0.717, 1.165) is 28.3 Å². The SMILES string of the molecule is CN(C(=O)c1cc2ccccc2[nH]1)C(N)=NOCCn1cnc(C(F)(F)F)c1. The van der Waals surface area contributed by atoms with Gasteiger partial charge >= 0.3 is 6.18 Å². The average molecular weight is 394 g/mol. The number of H-pyrrole nitrogens is 1. The number of nitrogens with one attached hydrogen (secondary N) is 1. The van der Waals surface area contributed by atoms with Crippen LogP contribution in [0.5, 0.6) is 0 Å². The summed E-state index contributed by atoms with van der Waals surface area (Å²) >= 11 is 0. The first kappa shape index (κ1) is 19.3. The van der Waals surface area contributed by atoms with Gasteiger partial charge in [0.15, 0.2) is 5.69 Å². The highest BCUT2D eigenvalue weighted by Gasteiger charge is 2.33. The molecule has 0 unspecified atom stereocenters. The maximum atomic E-state index is 12.5. The topological polar surface area (TPSA) is 102 Å². The summed E-state index contributed by atoms with van der Waals surface area (Å²) in [6.07, 6.45) is -2.59. The summed E-state index contributed by atoms with van der Waals surface area (Å²) in [5, 5.41) is 4.50. The van der Waals surface area contributed by atoms with Gasteiger partial charge < -0.3 is 20.1 Å². The molecule has 11 heteroatoms. The van der Waals surface area contributed by atoms with Gasteiger partial charge in [-0.15, -0.1) is 0 Å². The number of hydrogen-bond donors (Lipinski definition) is 2. The van der Waals surface area contributed by atoms with Crippen LogP contribution in [0.25, 0.3) is 10.9 Å². The Kier molecular flexibility index (Phi) is 5.25. The van der Waals surface area contributed by atoms with Crippen LogP contribution in [0.2, 0.25) is 0 Å². The van der Waals surface area contributed by atoms with Crippen molar-refractivity contribution in [2.24, 2.45) is 10.9 Å². The van der Waals surface area contributed by atoms with Crippen LogP contribution in [0.4, 0.5) is 13.2 Å². The zero-order chi connectivity index (χ0) is 20.3. The number of benzene rings is 1. The fourth-order valence-electron chi connectivity index (χ4n) is 2.42. The molecule has 3 N–H and O–H groups in total. The molecule has 148 valence electrons. The van der Waals surface area contributed by atoms with Gasteiger partial charge in [0.1, 0.15) is 12.3 Å². The van der Waals surface area contributed by atoms with E-state index in [1.165, 1.54) is 11.6 Å². The molecule has 0 aliphatic heterocycles. The lowest BCUT2D eigenvalue weighted by atomic mass is 10.2. The van der Waals surface area contributed by atoms with Gasteiger partial charge in [0.05, 0.1) is 12.9 Å². The average Bonchev–Trinajstić information content (AvgIpc) is 3.30. The molecule has 0 bridgehead atoms. The molecule has 28 heavy (non-hydrogen) atoms. The predicted molar refractivity (Wildman–Crippen MR) is 95.2 cm³/mol. The minimum absolute atomic E-state index is 0.0528. The van der Waals surface area contributed by atoms with Gasteiger partial charge in [0, 0.05) is 24.1 Å². The highest BCUT2D eigenvalue weighted by Crippen LogP contribution is 2.27. The van der Waals surface area contributed by atoms with Crippen molar-refractivity contribution in [1.82, 2.24) is 19.4 Å². The molecular weight excluding hydrogens is 377 g/mol. The first-order valence-electron chi connectivity index (χ1n) is 8.16. The fraction of sp³-hybridized carbons (Fsp3) is 0.235. The Hall–Kier alpha value is -3.50. The zero-order valence-corrected chi connectivity index (χ0v) is 14.8. The maximum Gasteiger partial charge on any atom is 0.434 e. The van der Waals surface area contributed by atoms with E-state index < -0.39 is 17.8 Å². The molecule has 0 aliphatic rings. The minimum atomic E-state index is -4.50. The van der Waals surface area contributed by atoms with Gasteiger partial charge in [-0.2, -0.15) is 13.2 Å². The summed E-state index contributed by atoms with van der Waals surface area (Å²) in [7, 11) is 1.43. The molecule has 3 rings (SSSR count). The second-order valence-electron chi connectivity index (χ2n) is 5.91. The number of aromatic amines is 1. The van der Waals surface area contributed by atoms with Gasteiger partial charge in [-0.25, -0.2) is 4.98 Å². The normalized spacial score (nSPS) is 12.4. The number of amides is 1. The number of carbonyl (C=O) groups excluding carboxylic acids is 1. The van der Waals surface area contributed by atoms with Crippen molar-refractivity contribution in [3.8, 4) is 0 Å². The number of fused-ring (bicyclic) bond motifs is 1. The molecule has 0 aliphatic carbocycles. The molecule has 0 radical (unpaired) electrons. The summed E-state index contributed by atoms with van der Waals surface area (Å²) in [5.41, 5.74) is 5.89. The summed E-state index contributed by atoms with van der Waals surface area (Å²) in [6.45, 7) is 0.0301. The Morgan fingerprint density at radius 2 is 2.14 bits per heavy atom. The van der Waals surface area contributed by atoms with E-state index in [-0.39, 0.29) is 19.1 Å². The summed E-state index contributed by atoms with van der Waals surface area (Å²) in [6, 6.07) is 9.10. The van der Waals surface area contributed by atoms with E-state index in [9.17, 15) is 18.0 Å². The van der Waals surface area contributed by atoms with E-state index >= 15 is 0 Å². The van der Waals surface area contributed by atoms with E-state index in [1.807, 2.05) is 24.3 Å². The van der Waals surface area contributed by atoms with Crippen molar-refractivity contribution in [2.45, 2.75) is 12.7 Å². The minimum Gasteiger partial charge on any atom is -0.391 e. The molecule has 8 nitrogen and oxygen atoms in total. The van der Waals surface area contributed by atoms with Crippen LogP contribution < -0.4 is 5.73 Å². The third-order valence-electron chi connectivity index (χ3n) is 3.93. The zero-order valence-electron chi connectivity index (χ0n) is 14.8. The molecule has 1 aromatic carbocycles. The first-order chi connectivity index (χ1) is 13.3. The smallest absolute Gasteiger partial charge is 0.391 e. The highest BCUT2D eigenvalue weighted by atomic mass is 19.4. The lowest BCUT2D eigenvalue weighted by Gasteiger charge is -2.14. The molecule has 0 saturated heterocycles. The second-order valence-corrected chi connectivity index (χ2v) is 5.91. The van der Waals surface area contributed by atoms with E-state index in [2.05, 4.69) is 15.1 Å². The quantitative estimate of drug-likeness (QED) is 0.300. The number of nitrogens with two attached hydrogens (primary N) is 1. The largest absolute Gasteiger partial charge is 0.434 e. The van der Waals surface area contributed by atoms with Crippen LogP contribution in [-0.2, 0) is 17.6 Å². The van der Waals surface area contributed by atoms with Crippen molar-refractivity contribution in [3.05, 3.63) is 54.2 Å². The van der Waals surface area contributed by atoms with Gasteiger partial charge in [-0.05, 0) is 17.3 Å². The van der Waals surface area contributed by atoms with Crippen LogP contribution in [0, 0.1) is 0 Å². The number of carbonyl (C=O) groups is 1. The molecule has 2 aromatic heterocycles. The molecule has 0 spiro atoms. The highest BCUT2D eigenvalue weighted by molar-refractivity contribution is 6.06. The lowest BCUT2D eigenvalue weighted by Crippen LogP contribution is -2.39. The monoisotopic (exact) mass is 394 g/mol. The number of hydrogen-bond acceptors (Lipinski definition) is 4. The Balaban J connectivity index is 1.55. The molecule has 3 aromatic rings. The third-order valence-corrected chi connectivity index (χ3v) is 3.93. The predicted octanol–water partition coefficient (Wildman–Crippen LogP) is 2.40. The van der Waals surface area contributed by atoms with Crippen LogP contribution in [0.1, 0.15) is 16.2 Å². The molecule has 0 fully saturated rings. The Labute approximate surface area is 157 Å². The number of para-hydroxylation sites is 1.